The van der Waals surface area contributed by atoms with Gasteiger partial charge in [0.05, 0.1) is 19.8 Å². The molecule has 0 amide bonds. The fraction of sp³-hybridized carbons (Fsp3) is 0.533. The first-order valence-corrected chi connectivity index (χ1v) is 7.03. The summed E-state index contributed by atoms with van der Waals surface area (Å²) >= 11 is 0. The SMILES string of the molecule is CCNC(=NCc1ccccc1OCC)NCCOC.I. The summed E-state index contributed by atoms with van der Waals surface area (Å²) in [6.07, 6.45) is 0. The predicted molar refractivity (Wildman–Crippen MR) is 97.7 cm³/mol. The molecule has 0 aromatic heterocycles. The second-order valence-electron chi connectivity index (χ2n) is 4.16. The molecule has 1 aromatic carbocycles. The Morgan fingerprint density at radius 1 is 1.19 bits per heavy atom. The third kappa shape index (κ3) is 8.11. The number of hydrogen-bond donors (Lipinski definition) is 2. The highest BCUT2D eigenvalue weighted by atomic mass is 127. The number of aliphatic imine (C=N–C) groups is 1. The van der Waals surface area contributed by atoms with Crippen LogP contribution in [0.3, 0.4) is 0 Å². The Bertz CT molecular complexity index is 414. The van der Waals surface area contributed by atoms with Crippen molar-refractivity contribution in [3.8, 4) is 5.75 Å². The fourth-order valence-electron chi connectivity index (χ4n) is 1.71. The van der Waals surface area contributed by atoms with Crippen molar-refractivity contribution >= 4 is 29.9 Å². The molecule has 5 nitrogen and oxygen atoms in total. The minimum Gasteiger partial charge on any atom is -0.494 e. The molecular formula is C15H26IN3O2. The molecule has 21 heavy (non-hydrogen) atoms. The van der Waals surface area contributed by atoms with Crippen LogP contribution in [-0.2, 0) is 11.3 Å². The van der Waals surface area contributed by atoms with Crippen molar-refractivity contribution in [3.63, 3.8) is 0 Å². The largest absolute Gasteiger partial charge is 0.494 e. The Balaban J connectivity index is 0.00000400. The van der Waals surface area contributed by atoms with Crippen LogP contribution in [0.25, 0.3) is 0 Å². The molecule has 0 aliphatic carbocycles. The van der Waals surface area contributed by atoms with E-state index in [0.717, 1.165) is 30.4 Å². The van der Waals surface area contributed by atoms with Gasteiger partial charge in [0.2, 0.25) is 0 Å². The number of para-hydroxylation sites is 1. The Kier molecular flexibility index (Phi) is 12.1. The van der Waals surface area contributed by atoms with Crippen molar-refractivity contribution in [1.82, 2.24) is 10.6 Å². The summed E-state index contributed by atoms with van der Waals surface area (Å²) in [5.74, 6) is 1.68. The zero-order chi connectivity index (χ0) is 14.6. The van der Waals surface area contributed by atoms with Gasteiger partial charge in [0.25, 0.3) is 0 Å². The van der Waals surface area contributed by atoms with Gasteiger partial charge in [0.1, 0.15) is 5.75 Å². The van der Waals surface area contributed by atoms with E-state index >= 15 is 0 Å². The van der Waals surface area contributed by atoms with E-state index in [1.807, 2.05) is 38.1 Å². The zero-order valence-electron chi connectivity index (χ0n) is 13.0. The van der Waals surface area contributed by atoms with E-state index in [1.165, 1.54) is 0 Å². The molecule has 0 spiro atoms. The number of halogens is 1. The molecule has 0 unspecified atom stereocenters. The van der Waals surface area contributed by atoms with Gasteiger partial charge in [0, 0.05) is 25.8 Å². The van der Waals surface area contributed by atoms with E-state index in [0.29, 0.717) is 19.8 Å². The lowest BCUT2D eigenvalue weighted by Crippen LogP contribution is -2.38. The molecule has 0 aliphatic rings. The van der Waals surface area contributed by atoms with Gasteiger partial charge in [0.15, 0.2) is 5.96 Å². The number of nitrogens with one attached hydrogen (secondary N) is 2. The highest BCUT2D eigenvalue weighted by Gasteiger charge is 2.02. The van der Waals surface area contributed by atoms with Crippen molar-refractivity contribution in [2.24, 2.45) is 4.99 Å². The third-order valence-corrected chi connectivity index (χ3v) is 2.62. The molecule has 0 saturated carbocycles. The second-order valence-corrected chi connectivity index (χ2v) is 4.16. The van der Waals surface area contributed by atoms with E-state index in [4.69, 9.17) is 9.47 Å². The second kappa shape index (κ2) is 12.7. The molecule has 0 atom stereocenters. The van der Waals surface area contributed by atoms with Gasteiger partial charge in [-0.3, -0.25) is 0 Å². The minimum absolute atomic E-state index is 0. The highest BCUT2D eigenvalue weighted by molar-refractivity contribution is 14.0. The number of guanidine groups is 1. The van der Waals surface area contributed by atoms with Gasteiger partial charge in [-0.2, -0.15) is 0 Å². The summed E-state index contributed by atoms with van der Waals surface area (Å²) in [6, 6.07) is 7.98. The Morgan fingerprint density at radius 3 is 2.62 bits per heavy atom. The molecule has 120 valence electrons. The summed E-state index contributed by atoms with van der Waals surface area (Å²) in [4.78, 5) is 4.56. The Hall–Kier alpha value is -1.02. The topological polar surface area (TPSA) is 54.9 Å². The van der Waals surface area contributed by atoms with Gasteiger partial charge < -0.3 is 20.1 Å². The Labute approximate surface area is 144 Å². The maximum absolute atomic E-state index is 5.60. The lowest BCUT2D eigenvalue weighted by atomic mass is 10.2. The first-order valence-electron chi connectivity index (χ1n) is 7.03. The van der Waals surface area contributed by atoms with E-state index in [-0.39, 0.29) is 24.0 Å². The summed E-state index contributed by atoms with van der Waals surface area (Å²) in [5.41, 5.74) is 1.08. The fourth-order valence-corrected chi connectivity index (χ4v) is 1.71. The van der Waals surface area contributed by atoms with Crippen LogP contribution < -0.4 is 15.4 Å². The number of benzene rings is 1. The molecule has 0 radical (unpaired) electrons. The first kappa shape index (κ1) is 20.0. The molecule has 0 fully saturated rings. The van der Waals surface area contributed by atoms with Gasteiger partial charge >= 0.3 is 0 Å². The number of rotatable bonds is 8. The molecule has 0 bridgehead atoms. The first-order chi connectivity index (χ1) is 9.81. The average molecular weight is 407 g/mol. The number of ether oxygens (including phenoxy) is 2. The standard InChI is InChI=1S/C15H25N3O2.HI/c1-4-16-15(17-10-11-19-3)18-12-13-8-6-7-9-14(13)20-5-2;/h6-9H,4-5,10-12H2,1-3H3,(H2,16,17,18);1H. The molecule has 0 aliphatic heterocycles. The zero-order valence-corrected chi connectivity index (χ0v) is 15.3. The summed E-state index contributed by atoms with van der Waals surface area (Å²) < 4.78 is 10.6. The number of methoxy groups -OCH3 is 1. The lowest BCUT2D eigenvalue weighted by molar-refractivity contribution is 0.203. The number of hydrogen-bond acceptors (Lipinski definition) is 3. The van der Waals surface area contributed by atoms with Crippen molar-refractivity contribution in [3.05, 3.63) is 29.8 Å². The molecule has 2 N–H and O–H groups in total. The van der Waals surface area contributed by atoms with Crippen LogP contribution in [-0.4, -0.2) is 39.4 Å². The van der Waals surface area contributed by atoms with E-state index in [9.17, 15) is 0 Å². The molecule has 0 saturated heterocycles. The normalized spacial score (nSPS) is 10.7. The van der Waals surface area contributed by atoms with Gasteiger partial charge in [-0.25, -0.2) is 4.99 Å². The lowest BCUT2D eigenvalue weighted by Gasteiger charge is -2.12. The van der Waals surface area contributed by atoms with E-state index < -0.39 is 0 Å². The van der Waals surface area contributed by atoms with Crippen LogP contribution >= 0.6 is 24.0 Å². The van der Waals surface area contributed by atoms with Gasteiger partial charge in [-0.05, 0) is 19.9 Å². The van der Waals surface area contributed by atoms with Crippen molar-refractivity contribution < 1.29 is 9.47 Å². The van der Waals surface area contributed by atoms with Gasteiger partial charge in [-0.1, -0.05) is 18.2 Å². The minimum atomic E-state index is 0. The quantitative estimate of drug-likeness (QED) is 0.301. The predicted octanol–water partition coefficient (Wildman–Crippen LogP) is 2.40. The average Bonchev–Trinajstić information content (AvgIpc) is 2.46. The summed E-state index contributed by atoms with van der Waals surface area (Å²) in [5, 5.41) is 6.42. The molecule has 0 heterocycles. The van der Waals surface area contributed by atoms with E-state index in [1.54, 1.807) is 7.11 Å². The maximum Gasteiger partial charge on any atom is 0.191 e. The monoisotopic (exact) mass is 407 g/mol. The Morgan fingerprint density at radius 2 is 1.95 bits per heavy atom. The summed E-state index contributed by atoms with van der Waals surface area (Å²) in [7, 11) is 1.68. The van der Waals surface area contributed by atoms with Crippen LogP contribution in [0, 0.1) is 0 Å². The van der Waals surface area contributed by atoms with Gasteiger partial charge in [-0.15, -0.1) is 24.0 Å². The van der Waals surface area contributed by atoms with Crippen molar-refractivity contribution in [2.45, 2.75) is 20.4 Å². The van der Waals surface area contributed by atoms with Crippen LogP contribution in [0.1, 0.15) is 19.4 Å². The van der Waals surface area contributed by atoms with Crippen LogP contribution in [0.2, 0.25) is 0 Å². The maximum atomic E-state index is 5.60. The number of nitrogens with zero attached hydrogens (tertiary/aromatic N) is 1. The highest BCUT2D eigenvalue weighted by Crippen LogP contribution is 2.18. The molecule has 1 aromatic rings. The smallest absolute Gasteiger partial charge is 0.191 e. The molecule has 1 rings (SSSR count). The molecular weight excluding hydrogens is 381 g/mol. The third-order valence-electron chi connectivity index (χ3n) is 2.62. The van der Waals surface area contributed by atoms with Crippen LogP contribution in [0.15, 0.2) is 29.3 Å². The van der Waals surface area contributed by atoms with Crippen molar-refractivity contribution in [2.75, 3.05) is 33.4 Å². The molecule has 6 heteroatoms. The van der Waals surface area contributed by atoms with Crippen LogP contribution in [0.4, 0.5) is 0 Å². The van der Waals surface area contributed by atoms with Crippen LogP contribution in [0.5, 0.6) is 5.75 Å². The summed E-state index contributed by atoms with van der Waals surface area (Å²) in [6.45, 7) is 7.48. The van der Waals surface area contributed by atoms with Crippen molar-refractivity contribution in [1.29, 1.82) is 0 Å². The van der Waals surface area contributed by atoms with E-state index in [2.05, 4.69) is 15.6 Å².